The molecule has 0 radical (unpaired) electrons. The predicted octanol–water partition coefficient (Wildman–Crippen LogP) is 4.58. The first-order valence-electron chi connectivity index (χ1n) is 7.68. The van der Waals surface area contributed by atoms with Crippen LogP contribution in [0.15, 0.2) is 36.5 Å². The van der Waals surface area contributed by atoms with E-state index in [1.807, 2.05) is 12.1 Å². The smallest absolute Gasteiger partial charge is 0.170 e. The number of fused-ring (bicyclic) bond motifs is 3. The maximum Gasteiger partial charge on any atom is 0.170 e. The van der Waals surface area contributed by atoms with Gasteiger partial charge in [0.25, 0.3) is 0 Å². The van der Waals surface area contributed by atoms with Crippen molar-refractivity contribution in [1.29, 1.82) is 0 Å². The number of pyridine rings is 1. The molecule has 0 saturated heterocycles. The number of hydrogen-bond acceptors (Lipinski definition) is 2. The highest BCUT2D eigenvalue weighted by atomic mass is 16.1. The largest absolute Gasteiger partial charge is 0.339 e. The lowest BCUT2D eigenvalue weighted by molar-refractivity contribution is 0.112. The van der Waals surface area contributed by atoms with Gasteiger partial charge in [-0.1, -0.05) is 44.4 Å². The quantitative estimate of drug-likeness (QED) is 0.489. The van der Waals surface area contributed by atoms with E-state index < -0.39 is 0 Å². The number of rotatable bonds is 6. The van der Waals surface area contributed by atoms with Crippen molar-refractivity contribution in [3.63, 3.8) is 0 Å². The SMILES string of the molecule is CCCCCCn1c2ccccc2c2ccnc(C=O)c21. The number of benzene rings is 1. The number of aldehydes is 1. The summed E-state index contributed by atoms with van der Waals surface area (Å²) in [6.45, 7) is 3.16. The summed E-state index contributed by atoms with van der Waals surface area (Å²) in [6, 6.07) is 10.4. The van der Waals surface area contributed by atoms with Gasteiger partial charge in [-0.25, -0.2) is 0 Å². The Bertz CT molecular complexity index is 773. The summed E-state index contributed by atoms with van der Waals surface area (Å²) >= 11 is 0. The first-order valence-corrected chi connectivity index (χ1v) is 7.68. The van der Waals surface area contributed by atoms with Gasteiger partial charge in [-0.3, -0.25) is 9.78 Å². The highest BCUT2D eigenvalue weighted by molar-refractivity contribution is 6.11. The van der Waals surface area contributed by atoms with Gasteiger partial charge in [0.05, 0.1) is 5.52 Å². The van der Waals surface area contributed by atoms with Crippen LogP contribution < -0.4 is 0 Å². The fraction of sp³-hybridized carbons (Fsp3) is 0.333. The van der Waals surface area contributed by atoms with Crippen molar-refractivity contribution in [2.45, 2.75) is 39.2 Å². The Morgan fingerprint density at radius 1 is 1.10 bits per heavy atom. The number of para-hydroxylation sites is 1. The van der Waals surface area contributed by atoms with Gasteiger partial charge >= 0.3 is 0 Å². The second kappa shape index (κ2) is 6.08. The van der Waals surface area contributed by atoms with Gasteiger partial charge in [0, 0.05) is 29.0 Å². The van der Waals surface area contributed by atoms with E-state index in [4.69, 9.17) is 0 Å². The van der Waals surface area contributed by atoms with Crippen LogP contribution in [-0.2, 0) is 6.54 Å². The van der Waals surface area contributed by atoms with E-state index in [0.29, 0.717) is 5.69 Å². The van der Waals surface area contributed by atoms with Crippen LogP contribution >= 0.6 is 0 Å². The van der Waals surface area contributed by atoms with Gasteiger partial charge in [-0.15, -0.1) is 0 Å². The molecule has 21 heavy (non-hydrogen) atoms. The molecule has 0 fully saturated rings. The van der Waals surface area contributed by atoms with Gasteiger partial charge in [-0.2, -0.15) is 0 Å². The minimum absolute atomic E-state index is 0.541. The van der Waals surface area contributed by atoms with Crippen LogP contribution in [0, 0.1) is 0 Å². The van der Waals surface area contributed by atoms with Crippen molar-refractivity contribution in [2.24, 2.45) is 0 Å². The van der Waals surface area contributed by atoms with Crippen LogP contribution in [-0.4, -0.2) is 15.8 Å². The number of unbranched alkanes of at least 4 members (excludes halogenated alkanes) is 3. The molecule has 0 aliphatic carbocycles. The molecule has 0 aliphatic heterocycles. The molecule has 108 valence electrons. The summed E-state index contributed by atoms with van der Waals surface area (Å²) in [5.41, 5.74) is 2.71. The maximum absolute atomic E-state index is 11.3. The van der Waals surface area contributed by atoms with Crippen LogP contribution in [0.25, 0.3) is 21.8 Å². The predicted molar refractivity (Wildman–Crippen MR) is 86.8 cm³/mol. The third-order valence-corrected chi connectivity index (χ3v) is 4.05. The fourth-order valence-corrected chi connectivity index (χ4v) is 3.04. The van der Waals surface area contributed by atoms with Crippen molar-refractivity contribution in [1.82, 2.24) is 9.55 Å². The van der Waals surface area contributed by atoms with Crippen LogP contribution in [0.4, 0.5) is 0 Å². The molecule has 0 spiro atoms. The Balaban J connectivity index is 2.15. The number of nitrogens with zero attached hydrogens (tertiary/aromatic N) is 2. The van der Waals surface area contributed by atoms with Gasteiger partial charge in [0.2, 0.25) is 0 Å². The van der Waals surface area contributed by atoms with Crippen molar-refractivity contribution in [3.05, 3.63) is 42.2 Å². The molecule has 0 bridgehead atoms. The number of hydrogen-bond donors (Lipinski definition) is 0. The molecule has 0 unspecified atom stereocenters. The highest BCUT2D eigenvalue weighted by Crippen LogP contribution is 2.30. The molecule has 3 heteroatoms. The Morgan fingerprint density at radius 2 is 1.95 bits per heavy atom. The molecule has 0 atom stereocenters. The molecule has 0 aliphatic rings. The molecule has 0 N–H and O–H groups in total. The molecule has 2 aromatic heterocycles. The maximum atomic E-state index is 11.3. The minimum Gasteiger partial charge on any atom is -0.339 e. The summed E-state index contributed by atoms with van der Waals surface area (Å²) in [4.78, 5) is 15.6. The third kappa shape index (κ3) is 2.44. The molecule has 3 nitrogen and oxygen atoms in total. The Labute approximate surface area is 124 Å². The Morgan fingerprint density at radius 3 is 2.76 bits per heavy atom. The third-order valence-electron chi connectivity index (χ3n) is 4.05. The molecule has 0 saturated carbocycles. The van der Waals surface area contributed by atoms with E-state index in [2.05, 4.69) is 34.7 Å². The summed E-state index contributed by atoms with van der Waals surface area (Å²) in [7, 11) is 0. The molecule has 3 aromatic rings. The first kappa shape index (κ1) is 13.8. The van der Waals surface area contributed by atoms with Crippen LogP contribution in [0.1, 0.15) is 43.1 Å². The van der Waals surface area contributed by atoms with Crippen molar-refractivity contribution in [3.8, 4) is 0 Å². The van der Waals surface area contributed by atoms with Crippen LogP contribution in [0.3, 0.4) is 0 Å². The number of aromatic nitrogens is 2. The monoisotopic (exact) mass is 280 g/mol. The van der Waals surface area contributed by atoms with E-state index >= 15 is 0 Å². The van der Waals surface area contributed by atoms with Crippen LogP contribution in [0.5, 0.6) is 0 Å². The zero-order valence-electron chi connectivity index (χ0n) is 12.4. The van der Waals surface area contributed by atoms with E-state index in [-0.39, 0.29) is 0 Å². The molecular formula is C18H20N2O. The first-order chi connectivity index (χ1) is 10.4. The number of aryl methyl sites for hydroxylation is 1. The average Bonchev–Trinajstić information content (AvgIpc) is 2.86. The normalized spacial score (nSPS) is 11.3. The lowest BCUT2D eigenvalue weighted by atomic mass is 10.2. The van der Waals surface area contributed by atoms with Crippen molar-refractivity contribution >= 4 is 28.1 Å². The minimum atomic E-state index is 0.541. The summed E-state index contributed by atoms with van der Waals surface area (Å²) in [5.74, 6) is 0. The lowest BCUT2D eigenvalue weighted by Crippen LogP contribution is -2.01. The molecule has 1 aromatic carbocycles. The van der Waals surface area contributed by atoms with E-state index in [0.717, 1.165) is 30.2 Å². The van der Waals surface area contributed by atoms with Gasteiger partial charge < -0.3 is 4.57 Å². The standard InChI is InChI=1S/C18H20N2O/c1-2-3-4-7-12-20-17-9-6-5-8-14(17)15-10-11-19-16(13-21)18(15)20/h5-6,8-11,13H,2-4,7,12H2,1H3. The molecule has 2 heterocycles. The molecule has 3 rings (SSSR count). The van der Waals surface area contributed by atoms with Crippen molar-refractivity contribution < 1.29 is 4.79 Å². The highest BCUT2D eigenvalue weighted by Gasteiger charge is 2.13. The number of carbonyl (C=O) groups excluding carboxylic acids is 1. The fourth-order valence-electron chi connectivity index (χ4n) is 3.04. The lowest BCUT2D eigenvalue weighted by Gasteiger charge is -2.08. The number of carbonyl (C=O) groups is 1. The van der Waals surface area contributed by atoms with E-state index in [1.165, 1.54) is 30.2 Å². The molecular weight excluding hydrogens is 260 g/mol. The Kier molecular flexibility index (Phi) is 4.00. The second-order valence-electron chi connectivity index (χ2n) is 5.44. The van der Waals surface area contributed by atoms with E-state index in [9.17, 15) is 4.79 Å². The summed E-state index contributed by atoms with van der Waals surface area (Å²) in [6.07, 6.45) is 7.43. The van der Waals surface area contributed by atoms with Crippen molar-refractivity contribution in [2.75, 3.05) is 0 Å². The summed E-state index contributed by atoms with van der Waals surface area (Å²) < 4.78 is 2.26. The van der Waals surface area contributed by atoms with Crippen LogP contribution in [0.2, 0.25) is 0 Å². The zero-order valence-corrected chi connectivity index (χ0v) is 12.4. The van der Waals surface area contributed by atoms with Gasteiger partial charge in [0.15, 0.2) is 6.29 Å². The topological polar surface area (TPSA) is 34.9 Å². The average molecular weight is 280 g/mol. The van der Waals surface area contributed by atoms with Gasteiger partial charge in [-0.05, 0) is 18.6 Å². The van der Waals surface area contributed by atoms with E-state index in [1.54, 1.807) is 6.20 Å². The second-order valence-corrected chi connectivity index (χ2v) is 5.44. The Hall–Kier alpha value is -2.16. The van der Waals surface area contributed by atoms with Gasteiger partial charge in [0.1, 0.15) is 5.69 Å². The zero-order chi connectivity index (χ0) is 14.7. The molecule has 0 amide bonds. The summed E-state index contributed by atoms with van der Waals surface area (Å²) in [5, 5.41) is 2.33.